The van der Waals surface area contributed by atoms with Crippen molar-refractivity contribution in [3.63, 3.8) is 0 Å². The van der Waals surface area contributed by atoms with E-state index in [1.54, 1.807) is 0 Å². The van der Waals surface area contributed by atoms with E-state index in [0.29, 0.717) is 6.54 Å². The molecular weight excluding hydrogens is 214 g/mol. The zero-order chi connectivity index (χ0) is 12.3. The van der Waals surface area contributed by atoms with E-state index < -0.39 is 0 Å². The van der Waals surface area contributed by atoms with Crippen LogP contribution in [0.25, 0.3) is 0 Å². The first kappa shape index (κ1) is 12.2. The molecule has 1 aliphatic heterocycles. The van der Waals surface area contributed by atoms with Crippen LogP contribution in [0.5, 0.6) is 11.5 Å². The summed E-state index contributed by atoms with van der Waals surface area (Å²) in [5, 5.41) is 0. The van der Waals surface area contributed by atoms with Crippen molar-refractivity contribution in [2.75, 3.05) is 19.8 Å². The number of ether oxygens (including phenoxy) is 2. The largest absolute Gasteiger partial charge is 0.490 e. The van der Waals surface area contributed by atoms with Crippen LogP contribution in [-0.4, -0.2) is 19.8 Å². The highest BCUT2D eigenvalue weighted by molar-refractivity contribution is 5.43. The second-order valence-electron chi connectivity index (χ2n) is 5.38. The highest BCUT2D eigenvalue weighted by atomic mass is 16.5. The van der Waals surface area contributed by atoms with Gasteiger partial charge in [-0.2, -0.15) is 0 Å². The van der Waals surface area contributed by atoms with Crippen LogP contribution in [0, 0.1) is 5.41 Å². The summed E-state index contributed by atoms with van der Waals surface area (Å²) < 4.78 is 11.3. The number of hydrogen-bond donors (Lipinski definition) is 1. The molecule has 0 amide bonds. The highest BCUT2D eigenvalue weighted by Gasteiger charge is 2.18. The standard InChI is InChI=1S/C14H21NO2/c1-14(2,10-15)9-11-4-5-12-13(8-11)17-7-3-6-16-12/h4-5,8H,3,6-7,9-10,15H2,1-2H3. The molecule has 0 unspecified atom stereocenters. The molecule has 3 heteroatoms. The van der Waals surface area contributed by atoms with E-state index in [4.69, 9.17) is 15.2 Å². The summed E-state index contributed by atoms with van der Waals surface area (Å²) in [5.74, 6) is 1.73. The maximum Gasteiger partial charge on any atom is 0.161 e. The lowest BCUT2D eigenvalue weighted by molar-refractivity contribution is 0.297. The van der Waals surface area contributed by atoms with E-state index in [1.807, 2.05) is 6.07 Å². The lowest BCUT2D eigenvalue weighted by atomic mass is 9.86. The Balaban J connectivity index is 2.18. The fourth-order valence-corrected chi connectivity index (χ4v) is 1.94. The Morgan fingerprint density at radius 3 is 2.59 bits per heavy atom. The average molecular weight is 235 g/mol. The summed E-state index contributed by atoms with van der Waals surface area (Å²) in [6.45, 7) is 6.50. The summed E-state index contributed by atoms with van der Waals surface area (Å²) in [7, 11) is 0. The maximum atomic E-state index is 5.76. The van der Waals surface area contributed by atoms with Gasteiger partial charge in [-0.1, -0.05) is 19.9 Å². The molecule has 3 nitrogen and oxygen atoms in total. The highest BCUT2D eigenvalue weighted by Crippen LogP contribution is 2.32. The van der Waals surface area contributed by atoms with E-state index >= 15 is 0 Å². The molecule has 1 aromatic rings. The molecule has 1 aliphatic rings. The first-order valence-corrected chi connectivity index (χ1v) is 6.19. The van der Waals surface area contributed by atoms with Crippen LogP contribution in [0.1, 0.15) is 25.8 Å². The Morgan fingerprint density at radius 2 is 1.88 bits per heavy atom. The quantitative estimate of drug-likeness (QED) is 0.874. The van der Waals surface area contributed by atoms with Crippen molar-refractivity contribution in [2.45, 2.75) is 26.7 Å². The van der Waals surface area contributed by atoms with Gasteiger partial charge in [-0.15, -0.1) is 0 Å². The number of hydrogen-bond acceptors (Lipinski definition) is 3. The molecule has 0 radical (unpaired) electrons. The lowest BCUT2D eigenvalue weighted by Gasteiger charge is -2.22. The number of fused-ring (bicyclic) bond motifs is 1. The maximum absolute atomic E-state index is 5.76. The van der Waals surface area contributed by atoms with E-state index in [1.165, 1.54) is 5.56 Å². The van der Waals surface area contributed by atoms with Crippen molar-refractivity contribution in [1.29, 1.82) is 0 Å². The van der Waals surface area contributed by atoms with Gasteiger partial charge in [0.2, 0.25) is 0 Å². The van der Waals surface area contributed by atoms with Crippen LogP contribution in [0.3, 0.4) is 0 Å². The first-order valence-electron chi connectivity index (χ1n) is 6.19. The van der Waals surface area contributed by atoms with E-state index in [9.17, 15) is 0 Å². The topological polar surface area (TPSA) is 44.5 Å². The van der Waals surface area contributed by atoms with Gasteiger partial charge in [0.1, 0.15) is 0 Å². The molecule has 0 aliphatic carbocycles. The van der Waals surface area contributed by atoms with Gasteiger partial charge >= 0.3 is 0 Å². The lowest BCUT2D eigenvalue weighted by Crippen LogP contribution is -2.25. The van der Waals surface area contributed by atoms with Gasteiger partial charge in [0.15, 0.2) is 11.5 Å². The van der Waals surface area contributed by atoms with Crippen LogP contribution in [0.15, 0.2) is 18.2 Å². The predicted molar refractivity (Wildman–Crippen MR) is 68.6 cm³/mol. The first-order chi connectivity index (χ1) is 8.11. The van der Waals surface area contributed by atoms with Gasteiger partial charge in [0, 0.05) is 6.42 Å². The van der Waals surface area contributed by atoms with E-state index in [-0.39, 0.29) is 5.41 Å². The molecule has 0 bridgehead atoms. The Hall–Kier alpha value is -1.22. The number of rotatable bonds is 3. The molecule has 0 atom stereocenters. The zero-order valence-corrected chi connectivity index (χ0v) is 10.7. The Kier molecular flexibility index (Phi) is 3.57. The molecule has 17 heavy (non-hydrogen) atoms. The smallest absolute Gasteiger partial charge is 0.161 e. The second kappa shape index (κ2) is 4.96. The normalized spacial score (nSPS) is 15.5. The minimum atomic E-state index is 0.125. The summed E-state index contributed by atoms with van der Waals surface area (Å²) in [5.41, 5.74) is 7.14. The van der Waals surface area contributed by atoms with Crippen molar-refractivity contribution in [3.05, 3.63) is 23.8 Å². The number of nitrogens with two attached hydrogens (primary N) is 1. The molecule has 0 fully saturated rings. The van der Waals surface area contributed by atoms with Crippen LogP contribution in [-0.2, 0) is 6.42 Å². The van der Waals surface area contributed by atoms with Gasteiger partial charge in [-0.25, -0.2) is 0 Å². The Bertz CT molecular complexity index is 388. The third kappa shape index (κ3) is 3.13. The summed E-state index contributed by atoms with van der Waals surface area (Å²) in [6.07, 6.45) is 1.90. The van der Waals surface area contributed by atoms with Crippen molar-refractivity contribution in [1.82, 2.24) is 0 Å². The van der Waals surface area contributed by atoms with Crippen molar-refractivity contribution >= 4 is 0 Å². The molecule has 2 rings (SSSR count). The molecule has 0 spiro atoms. The van der Waals surface area contributed by atoms with Gasteiger partial charge in [-0.05, 0) is 36.1 Å². The average Bonchev–Trinajstić information content (AvgIpc) is 2.53. The monoisotopic (exact) mass is 235 g/mol. The molecule has 94 valence electrons. The van der Waals surface area contributed by atoms with Crippen molar-refractivity contribution in [2.24, 2.45) is 11.1 Å². The van der Waals surface area contributed by atoms with Crippen LogP contribution >= 0.6 is 0 Å². The summed E-state index contributed by atoms with van der Waals surface area (Å²) in [6, 6.07) is 6.19. The third-order valence-corrected chi connectivity index (χ3v) is 3.05. The van der Waals surface area contributed by atoms with E-state index in [0.717, 1.165) is 37.6 Å². The molecule has 1 heterocycles. The van der Waals surface area contributed by atoms with Crippen LogP contribution < -0.4 is 15.2 Å². The van der Waals surface area contributed by atoms with Crippen molar-refractivity contribution < 1.29 is 9.47 Å². The van der Waals surface area contributed by atoms with Gasteiger partial charge in [0.05, 0.1) is 13.2 Å². The summed E-state index contributed by atoms with van der Waals surface area (Å²) in [4.78, 5) is 0. The molecule has 1 aromatic carbocycles. The molecule has 0 saturated heterocycles. The molecule has 0 saturated carbocycles. The van der Waals surface area contributed by atoms with Gasteiger partial charge in [0.25, 0.3) is 0 Å². The fraction of sp³-hybridized carbons (Fsp3) is 0.571. The van der Waals surface area contributed by atoms with Gasteiger partial charge < -0.3 is 15.2 Å². The van der Waals surface area contributed by atoms with Crippen LogP contribution in [0.2, 0.25) is 0 Å². The van der Waals surface area contributed by atoms with E-state index in [2.05, 4.69) is 26.0 Å². The van der Waals surface area contributed by atoms with Gasteiger partial charge in [-0.3, -0.25) is 0 Å². The minimum absolute atomic E-state index is 0.125. The minimum Gasteiger partial charge on any atom is -0.490 e. The second-order valence-corrected chi connectivity index (χ2v) is 5.38. The molecule has 0 aromatic heterocycles. The van der Waals surface area contributed by atoms with Crippen molar-refractivity contribution in [3.8, 4) is 11.5 Å². The third-order valence-electron chi connectivity index (χ3n) is 3.05. The summed E-state index contributed by atoms with van der Waals surface area (Å²) >= 11 is 0. The number of benzene rings is 1. The fourth-order valence-electron chi connectivity index (χ4n) is 1.94. The Morgan fingerprint density at radius 1 is 1.18 bits per heavy atom. The molecular formula is C14H21NO2. The predicted octanol–water partition coefficient (Wildman–Crippen LogP) is 2.38. The SMILES string of the molecule is CC(C)(CN)Cc1ccc2c(c1)OCCCO2. The Labute approximate surface area is 103 Å². The zero-order valence-electron chi connectivity index (χ0n) is 10.7. The van der Waals surface area contributed by atoms with Crippen LogP contribution in [0.4, 0.5) is 0 Å². The molecule has 2 N–H and O–H groups in total.